The van der Waals surface area contributed by atoms with E-state index in [-0.39, 0.29) is 5.92 Å². The van der Waals surface area contributed by atoms with Crippen molar-refractivity contribution in [1.29, 1.82) is 0 Å². The van der Waals surface area contributed by atoms with Gasteiger partial charge in [-0.25, -0.2) is 9.78 Å². The fraction of sp³-hybridized carbons (Fsp3) is 0.333. The number of imidazole rings is 1. The summed E-state index contributed by atoms with van der Waals surface area (Å²) in [6.07, 6.45) is 4.40. The maximum atomic E-state index is 11.1. The topological polar surface area (TPSA) is 63.8 Å². The molecule has 1 atom stereocenters. The van der Waals surface area contributed by atoms with Crippen LogP contribution in [0.1, 0.15) is 13.8 Å². The van der Waals surface area contributed by atoms with E-state index in [1.807, 2.05) is 20.0 Å². The predicted octanol–water partition coefficient (Wildman–Crippen LogP) is 1.82. The van der Waals surface area contributed by atoms with Gasteiger partial charge in [-0.2, -0.15) is 0 Å². The van der Waals surface area contributed by atoms with Crippen molar-refractivity contribution in [2.75, 3.05) is 0 Å². The molecule has 0 aliphatic heterocycles. The van der Waals surface area contributed by atoms with Gasteiger partial charge in [0.05, 0.1) is 0 Å². The van der Waals surface area contributed by atoms with Crippen LogP contribution in [-0.4, -0.2) is 26.6 Å². The number of carboxylic acids is 1. The SMILES string of the molecule is CC(C)C(Oc1cccn2ccnc12)C(=O)O. The first-order valence-electron chi connectivity index (χ1n) is 5.40. The Morgan fingerprint density at radius 2 is 2.24 bits per heavy atom. The monoisotopic (exact) mass is 234 g/mol. The quantitative estimate of drug-likeness (QED) is 0.876. The molecule has 0 saturated carbocycles. The largest absolute Gasteiger partial charge is 0.478 e. The van der Waals surface area contributed by atoms with Gasteiger partial charge in [-0.3, -0.25) is 0 Å². The first-order chi connectivity index (χ1) is 8.09. The molecule has 2 aromatic heterocycles. The lowest BCUT2D eigenvalue weighted by atomic mass is 10.1. The smallest absolute Gasteiger partial charge is 0.345 e. The standard InChI is InChI=1S/C12H14N2O3/c1-8(2)10(12(15)16)17-9-4-3-6-14-7-5-13-11(9)14/h3-8,10H,1-2H3,(H,15,16). The Morgan fingerprint density at radius 1 is 1.47 bits per heavy atom. The zero-order valence-corrected chi connectivity index (χ0v) is 9.70. The average Bonchev–Trinajstić information content (AvgIpc) is 2.73. The third kappa shape index (κ3) is 2.22. The summed E-state index contributed by atoms with van der Waals surface area (Å²) in [4.78, 5) is 15.2. The van der Waals surface area contributed by atoms with Gasteiger partial charge in [-0.15, -0.1) is 0 Å². The summed E-state index contributed by atoms with van der Waals surface area (Å²) in [6, 6.07) is 3.52. The lowest BCUT2D eigenvalue weighted by Crippen LogP contribution is -2.32. The molecule has 1 unspecified atom stereocenters. The number of hydrogen-bond acceptors (Lipinski definition) is 3. The van der Waals surface area contributed by atoms with Crippen LogP contribution in [0, 0.1) is 5.92 Å². The second kappa shape index (κ2) is 4.45. The Labute approximate surface area is 98.7 Å². The number of carboxylic acid groups (broad SMARTS) is 1. The van der Waals surface area contributed by atoms with E-state index in [2.05, 4.69) is 4.98 Å². The van der Waals surface area contributed by atoms with Crippen molar-refractivity contribution in [3.05, 3.63) is 30.7 Å². The molecule has 5 nitrogen and oxygen atoms in total. The number of rotatable bonds is 4. The van der Waals surface area contributed by atoms with Gasteiger partial charge >= 0.3 is 5.97 Å². The molecule has 0 aliphatic rings. The molecule has 2 rings (SSSR count). The third-order valence-electron chi connectivity index (χ3n) is 2.49. The van der Waals surface area contributed by atoms with Crippen molar-refractivity contribution in [2.45, 2.75) is 20.0 Å². The first kappa shape index (κ1) is 11.4. The highest BCUT2D eigenvalue weighted by molar-refractivity contribution is 5.73. The molecule has 17 heavy (non-hydrogen) atoms. The fourth-order valence-electron chi connectivity index (χ4n) is 1.62. The van der Waals surface area contributed by atoms with Gasteiger partial charge in [-0.1, -0.05) is 13.8 Å². The summed E-state index contributed by atoms with van der Waals surface area (Å²) < 4.78 is 7.31. The highest BCUT2D eigenvalue weighted by Crippen LogP contribution is 2.21. The molecule has 0 aromatic carbocycles. The Balaban J connectivity index is 2.34. The van der Waals surface area contributed by atoms with Gasteiger partial charge in [-0.05, 0) is 12.1 Å². The molecule has 0 fully saturated rings. The molecule has 90 valence electrons. The van der Waals surface area contributed by atoms with E-state index in [1.165, 1.54) is 0 Å². The van der Waals surface area contributed by atoms with Gasteiger partial charge in [0.1, 0.15) is 0 Å². The highest BCUT2D eigenvalue weighted by Gasteiger charge is 2.24. The summed E-state index contributed by atoms with van der Waals surface area (Å²) in [6.45, 7) is 3.62. The van der Waals surface area contributed by atoms with Crippen LogP contribution in [0.25, 0.3) is 5.65 Å². The average molecular weight is 234 g/mol. The van der Waals surface area contributed by atoms with E-state index in [4.69, 9.17) is 9.84 Å². The molecule has 0 radical (unpaired) electrons. The lowest BCUT2D eigenvalue weighted by Gasteiger charge is -2.18. The third-order valence-corrected chi connectivity index (χ3v) is 2.49. The summed E-state index contributed by atoms with van der Waals surface area (Å²) in [5, 5.41) is 9.08. The zero-order chi connectivity index (χ0) is 12.4. The molecule has 2 heterocycles. The predicted molar refractivity (Wildman–Crippen MR) is 62.1 cm³/mol. The van der Waals surface area contributed by atoms with Crippen molar-refractivity contribution in [1.82, 2.24) is 9.38 Å². The maximum Gasteiger partial charge on any atom is 0.345 e. The van der Waals surface area contributed by atoms with Gasteiger partial charge in [0.25, 0.3) is 0 Å². The highest BCUT2D eigenvalue weighted by atomic mass is 16.5. The number of aliphatic carboxylic acids is 1. The van der Waals surface area contributed by atoms with E-state index < -0.39 is 12.1 Å². The van der Waals surface area contributed by atoms with Gasteiger partial charge in [0, 0.05) is 24.5 Å². The minimum Gasteiger partial charge on any atom is -0.478 e. The Kier molecular flexibility index (Phi) is 2.99. The van der Waals surface area contributed by atoms with E-state index in [9.17, 15) is 4.79 Å². The van der Waals surface area contributed by atoms with Crippen molar-refractivity contribution < 1.29 is 14.6 Å². The Hall–Kier alpha value is -2.04. The molecule has 0 bridgehead atoms. The fourth-order valence-corrected chi connectivity index (χ4v) is 1.62. The number of aromatic nitrogens is 2. The van der Waals surface area contributed by atoms with Crippen LogP contribution in [0.15, 0.2) is 30.7 Å². The Bertz CT molecular complexity index is 533. The molecule has 0 amide bonds. The summed E-state index contributed by atoms with van der Waals surface area (Å²) >= 11 is 0. The van der Waals surface area contributed by atoms with E-state index in [0.717, 1.165) is 0 Å². The number of fused-ring (bicyclic) bond motifs is 1. The lowest BCUT2D eigenvalue weighted by molar-refractivity contribution is -0.147. The molecule has 0 saturated heterocycles. The molecular formula is C12H14N2O3. The minimum absolute atomic E-state index is 0.109. The minimum atomic E-state index is -0.964. The number of ether oxygens (including phenoxy) is 1. The summed E-state index contributed by atoms with van der Waals surface area (Å²) in [5.41, 5.74) is 0.624. The van der Waals surface area contributed by atoms with E-state index in [0.29, 0.717) is 11.4 Å². The second-order valence-electron chi connectivity index (χ2n) is 4.15. The number of hydrogen-bond donors (Lipinski definition) is 1. The van der Waals surface area contributed by atoms with Crippen molar-refractivity contribution >= 4 is 11.6 Å². The van der Waals surface area contributed by atoms with Crippen LogP contribution in [0.3, 0.4) is 0 Å². The van der Waals surface area contributed by atoms with Crippen LogP contribution in [0.5, 0.6) is 5.75 Å². The van der Waals surface area contributed by atoms with Crippen molar-refractivity contribution in [3.8, 4) is 5.75 Å². The summed E-state index contributed by atoms with van der Waals surface area (Å²) in [5.74, 6) is -0.588. The molecule has 2 aromatic rings. The molecular weight excluding hydrogens is 220 g/mol. The number of pyridine rings is 1. The molecule has 0 spiro atoms. The van der Waals surface area contributed by atoms with Crippen LogP contribution in [0.4, 0.5) is 0 Å². The molecule has 0 aliphatic carbocycles. The Morgan fingerprint density at radius 3 is 2.88 bits per heavy atom. The van der Waals surface area contributed by atoms with Crippen LogP contribution >= 0.6 is 0 Å². The zero-order valence-electron chi connectivity index (χ0n) is 9.70. The summed E-state index contributed by atoms with van der Waals surface area (Å²) in [7, 11) is 0. The molecule has 5 heteroatoms. The van der Waals surface area contributed by atoms with Gasteiger partial charge in [0.2, 0.25) is 0 Å². The molecule has 1 N–H and O–H groups in total. The number of carbonyl (C=O) groups is 1. The number of nitrogens with zero attached hydrogens (tertiary/aromatic N) is 2. The normalized spacial score (nSPS) is 12.9. The van der Waals surface area contributed by atoms with Crippen molar-refractivity contribution in [3.63, 3.8) is 0 Å². The van der Waals surface area contributed by atoms with Crippen LogP contribution in [-0.2, 0) is 4.79 Å². The van der Waals surface area contributed by atoms with Crippen LogP contribution < -0.4 is 4.74 Å². The van der Waals surface area contributed by atoms with Gasteiger partial charge in [0.15, 0.2) is 17.5 Å². The van der Waals surface area contributed by atoms with Crippen LogP contribution in [0.2, 0.25) is 0 Å². The van der Waals surface area contributed by atoms with E-state index in [1.54, 1.807) is 28.9 Å². The van der Waals surface area contributed by atoms with E-state index >= 15 is 0 Å². The maximum absolute atomic E-state index is 11.1. The van der Waals surface area contributed by atoms with Gasteiger partial charge < -0.3 is 14.2 Å². The first-order valence-corrected chi connectivity index (χ1v) is 5.40. The second-order valence-corrected chi connectivity index (χ2v) is 4.15. The van der Waals surface area contributed by atoms with Crippen molar-refractivity contribution in [2.24, 2.45) is 5.92 Å².